The average molecular weight is 270 g/mol. The zero-order valence-electron chi connectivity index (χ0n) is 9.22. The topological polar surface area (TPSA) is 106 Å². The van der Waals surface area contributed by atoms with Crippen molar-refractivity contribution in [3.63, 3.8) is 0 Å². The number of sulfone groups is 1. The fourth-order valence-corrected chi connectivity index (χ4v) is 5.63. The average Bonchev–Trinajstić information content (AvgIpc) is 2.56. The molecular weight excluding hydrogens is 252 g/mol. The zero-order valence-corrected chi connectivity index (χ0v) is 10.9. The van der Waals surface area contributed by atoms with Crippen molar-refractivity contribution >= 4 is 19.9 Å². The molecule has 0 spiro atoms. The number of nitrogens with two attached hydrogens (primary N) is 1. The molecule has 8 heteroatoms. The van der Waals surface area contributed by atoms with Gasteiger partial charge in [-0.3, -0.25) is 0 Å². The molecule has 0 aromatic rings. The van der Waals surface area contributed by atoms with Crippen LogP contribution >= 0.6 is 0 Å². The molecule has 0 saturated carbocycles. The van der Waals surface area contributed by atoms with E-state index in [1.54, 1.807) is 0 Å². The van der Waals surface area contributed by atoms with Gasteiger partial charge in [-0.25, -0.2) is 21.6 Å². The molecule has 16 heavy (non-hydrogen) atoms. The van der Waals surface area contributed by atoms with Gasteiger partial charge in [-0.1, -0.05) is 6.92 Å². The van der Waals surface area contributed by atoms with Crippen molar-refractivity contribution in [1.82, 2.24) is 4.72 Å². The van der Waals surface area contributed by atoms with Gasteiger partial charge >= 0.3 is 0 Å². The first-order chi connectivity index (χ1) is 7.27. The van der Waals surface area contributed by atoms with Crippen LogP contribution in [-0.4, -0.2) is 46.2 Å². The van der Waals surface area contributed by atoms with Crippen LogP contribution in [0.2, 0.25) is 0 Å². The molecule has 1 aliphatic heterocycles. The summed E-state index contributed by atoms with van der Waals surface area (Å²) >= 11 is 0. The van der Waals surface area contributed by atoms with Gasteiger partial charge in [0.15, 0.2) is 9.84 Å². The Morgan fingerprint density at radius 1 is 1.50 bits per heavy atom. The lowest BCUT2D eigenvalue weighted by atomic mass is 10.2. The summed E-state index contributed by atoms with van der Waals surface area (Å²) in [5.74, 6) is -0.317. The Morgan fingerprint density at radius 2 is 2.12 bits per heavy atom. The monoisotopic (exact) mass is 270 g/mol. The molecule has 2 atom stereocenters. The molecule has 0 aromatic heterocycles. The Morgan fingerprint density at radius 3 is 2.56 bits per heavy atom. The third kappa shape index (κ3) is 3.69. The fraction of sp³-hybridized carbons (Fsp3) is 1.00. The Bertz CT molecular complexity index is 429. The summed E-state index contributed by atoms with van der Waals surface area (Å²) in [4.78, 5) is 0. The molecule has 3 N–H and O–H groups in total. The molecule has 1 saturated heterocycles. The lowest BCUT2D eigenvalue weighted by Crippen LogP contribution is -2.41. The molecule has 1 fully saturated rings. The predicted molar refractivity (Wildman–Crippen MR) is 62.2 cm³/mol. The van der Waals surface area contributed by atoms with Crippen LogP contribution in [0.1, 0.15) is 19.8 Å². The maximum absolute atomic E-state index is 11.7. The van der Waals surface area contributed by atoms with Gasteiger partial charge in [0.2, 0.25) is 10.0 Å². The molecule has 1 heterocycles. The first-order valence-electron chi connectivity index (χ1n) is 5.21. The number of rotatable bonds is 5. The zero-order chi connectivity index (χ0) is 12.4. The highest BCUT2D eigenvalue weighted by atomic mass is 32.2. The predicted octanol–water partition coefficient (Wildman–Crippen LogP) is -1.17. The first-order valence-corrected chi connectivity index (χ1v) is 8.58. The van der Waals surface area contributed by atoms with Crippen LogP contribution in [0.25, 0.3) is 0 Å². The number of nitrogens with one attached hydrogen (secondary N) is 1. The van der Waals surface area contributed by atoms with Crippen LogP contribution in [0, 0.1) is 0 Å². The summed E-state index contributed by atoms with van der Waals surface area (Å²) in [5, 5.41) is -0.818. The van der Waals surface area contributed by atoms with Gasteiger partial charge in [-0.2, -0.15) is 0 Å². The van der Waals surface area contributed by atoms with Crippen molar-refractivity contribution in [3.8, 4) is 0 Å². The maximum Gasteiger partial charge on any atom is 0.215 e. The largest absolute Gasteiger partial charge is 0.327 e. The Hall–Kier alpha value is -0.180. The van der Waals surface area contributed by atoms with Crippen LogP contribution in [-0.2, 0) is 19.9 Å². The molecule has 1 rings (SSSR count). The van der Waals surface area contributed by atoms with Crippen molar-refractivity contribution in [3.05, 3.63) is 0 Å². The molecule has 96 valence electrons. The van der Waals surface area contributed by atoms with Gasteiger partial charge in [0, 0.05) is 12.6 Å². The second-order valence-electron chi connectivity index (χ2n) is 4.09. The molecule has 0 amide bonds. The molecule has 0 aromatic carbocycles. The summed E-state index contributed by atoms with van der Waals surface area (Å²) in [5.41, 5.74) is 5.59. The molecule has 0 radical (unpaired) electrons. The van der Waals surface area contributed by atoms with Gasteiger partial charge in [-0.15, -0.1) is 0 Å². The van der Waals surface area contributed by atoms with Crippen molar-refractivity contribution in [1.29, 1.82) is 0 Å². The second-order valence-corrected chi connectivity index (χ2v) is 8.36. The van der Waals surface area contributed by atoms with E-state index in [-0.39, 0.29) is 30.5 Å². The first kappa shape index (κ1) is 13.9. The molecule has 0 aliphatic carbocycles. The van der Waals surface area contributed by atoms with E-state index in [1.165, 1.54) is 0 Å². The highest BCUT2D eigenvalue weighted by molar-refractivity contribution is 7.95. The maximum atomic E-state index is 11.7. The third-order valence-corrected chi connectivity index (χ3v) is 6.53. The van der Waals surface area contributed by atoms with Crippen LogP contribution in [0.5, 0.6) is 0 Å². The molecule has 0 bridgehead atoms. The minimum absolute atomic E-state index is 0.0432. The Labute approximate surface area is 96.6 Å². The highest BCUT2D eigenvalue weighted by Gasteiger charge is 2.36. The van der Waals surface area contributed by atoms with Crippen molar-refractivity contribution in [2.45, 2.75) is 31.1 Å². The normalized spacial score (nSPS) is 26.8. The smallest absolute Gasteiger partial charge is 0.215 e. The lowest BCUT2D eigenvalue weighted by Gasteiger charge is -2.14. The van der Waals surface area contributed by atoms with Gasteiger partial charge in [-0.05, 0) is 12.8 Å². The van der Waals surface area contributed by atoms with Gasteiger partial charge < -0.3 is 5.73 Å². The fourth-order valence-electron chi connectivity index (χ4n) is 1.49. The highest BCUT2D eigenvalue weighted by Crippen LogP contribution is 2.17. The van der Waals surface area contributed by atoms with Crippen molar-refractivity contribution in [2.75, 3.05) is 18.1 Å². The third-order valence-electron chi connectivity index (χ3n) is 2.70. The van der Waals surface area contributed by atoms with E-state index < -0.39 is 25.1 Å². The minimum Gasteiger partial charge on any atom is -0.327 e. The lowest BCUT2D eigenvalue weighted by molar-refractivity contribution is 0.553. The summed E-state index contributed by atoms with van der Waals surface area (Å²) in [6, 6.07) is -0.229. The number of sulfonamides is 1. The minimum atomic E-state index is -3.55. The Kier molecular flexibility index (Phi) is 4.33. The van der Waals surface area contributed by atoms with Gasteiger partial charge in [0.1, 0.15) is 0 Å². The standard InChI is InChI=1S/C8H18N2O4S2/c1-2-7(9)5-10-16(13,14)8-3-4-15(11,12)6-8/h7-8,10H,2-6,9H2,1H3. The van der Waals surface area contributed by atoms with Gasteiger partial charge in [0.25, 0.3) is 0 Å². The summed E-state index contributed by atoms with van der Waals surface area (Å²) in [7, 11) is -6.72. The molecular formula is C8H18N2O4S2. The Balaban J connectivity index is 2.59. The summed E-state index contributed by atoms with van der Waals surface area (Å²) < 4.78 is 48.1. The van der Waals surface area contributed by atoms with E-state index in [9.17, 15) is 16.8 Å². The van der Waals surface area contributed by atoms with Crippen molar-refractivity contribution in [2.24, 2.45) is 5.73 Å². The van der Waals surface area contributed by atoms with E-state index in [4.69, 9.17) is 5.73 Å². The van der Waals surface area contributed by atoms with E-state index in [0.717, 1.165) is 0 Å². The van der Waals surface area contributed by atoms with E-state index in [0.29, 0.717) is 6.42 Å². The van der Waals surface area contributed by atoms with Crippen molar-refractivity contribution < 1.29 is 16.8 Å². The molecule has 6 nitrogen and oxygen atoms in total. The quantitative estimate of drug-likeness (QED) is 0.655. The molecule has 1 aliphatic rings. The second kappa shape index (κ2) is 4.99. The SMILES string of the molecule is CCC(N)CNS(=O)(=O)C1CCS(=O)(=O)C1. The number of hydrogen-bond donors (Lipinski definition) is 2. The molecule has 2 unspecified atom stereocenters. The van der Waals surface area contributed by atoms with Crippen LogP contribution < -0.4 is 10.5 Å². The summed E-state index contributed by atoms with van der Waals surface area (Å²) in [6.45, 7) is 2.02. The van der Waals surface area contributed by atoms with Crippen LogP contribution in [0.4, 0.5) is 0 Å². The summed E-state index contributed by atoms with van der Waals surface area (Å²) in [6.07, 6.45) is 0.852. The number of hydrogen-bond acceptors (Lipinski definition) is 5. The van der Waals surface area contributed by atoms with Gasteiger partial charge in [0.05, 0.1) is 16.8 Å². The van der Waals surface area contributed by atoms with E-state index >= 15 is 0 Å². The van der Waals surface area contributed by atoms with Crippen LogP contribution in [0.3, 0.4) is 0 Å². The van der Waals surface area contributed by atoms with Crippen LogP contribution in [0.15, 0.2) is 0 Å². The van der Waals surface area contributed by atoms with E-state index in [1.807, 2.05) is 6.92 Å². The van der Waals surface area contributed by atoms with E-state index in [2.05, 4.69) is 4.72 Å².